The highest BCUT2D eigenvalue weighted by Crippen LogP contribution is 2.30. The fourth-order valence-corrected chi connectivity index (χ4v) is 3.34. The first-order valence-corrected chi connectivity index (χ1v) is 10.1. The van der Waals surface area contributed by atoms with Crippen LogP contribution in [0.1, 0.15) is 17.2 Å². The van der Waals surface area contributed by atoms with E-state index in [1.807, 2.05) is 54.6 Å². The van der Waals surface area contributed by atoms with Crippen LogP contribution in [0.5, 0.6) is 5.75 Å². The monoisotopic (exact) mass is 430 g/mol. The summed E-state index contributed by atoms with van der Waals surface area (Å²) in [5, 5.41) is 15.8. The molecular weight excluding hydrogens is 412 g/mol. The molecule has 2 unspecified atom stereocenters. The molecule has 4 rings (SSSR count). The van der Waals surface area contributed by atoms with Gasteiger partial charge in [0.1, 0.15) is 18.4 Å². The summed E-state index contributed by atoms with van der Waals surface area (Å²) in [7, 11) is 0. The van der Waals surface area contributed by atoms with Crippen LogP contribution in [-0.2, 0) is 11.4 Å². The molecule has 31 heavy (non-hydrogen) atoms. The van der Waals surface area contributed by atoms with Gasteiger partial charge < -0.3 is 10.1 Å². The van der Waals surface area contributed by atoms with Crippen molar-refractivity contribution in [2.24, 2.45) is 10.9 Å². The van der Waals surface area contributed by atoms with Gasteiger partial charge in [-0.3, -0.25) is 10.1 Å². The molecular formula is C24H19ClN4O2. The van der Waals surface area contributed by atoms with Gasteiger partial charge in [0.15, 0.2) is 5.92 Å². The van der Waals surface area contributed by atoms with Crippen molar-refractivity contribution in [1.82, 2.24) is 5.32 Å². The van der Waals surface area contributed by atoms with Crippen molar-refractivity contribution in [2.45, 2.75) is 12.6 Å². The predicted molar refractivity (Wildman–Crippen MR) is 120 cm³/mol. The molecule has 3 aromatic carbocycles. The molecule has 0 saturated heterocycles. The first-order chi connectivity index (χ1) is 15.1. The van der Waals surface area contributed by atoms with Crippen LogP contribution >= 0.6 is 11.6 Å². The molecule has 1 heterocycles. The van der Waals surface area contributed by atoms with E-state index in [4.69, 9.17) is 16.3 Å². The molecule has 0 aromatic heterocycles. The second-order valence-corrected chi connectivity index (χ2v) is 7.43. The Morgan fingerprint density at radius 1 is 1.03 bits per heavy atom. The van der Waals surface area contributed by atoms with Crippen molar-refractivity contribution in [3.63, 3.8) is 0 Å². The maximum Gasteiger partial charge on any atom is 0.246 e. The third-order valence-electron chi connectivity index (χ3n) is 4.82. The molecule has 3 aromatic rings. The molecule has 1 aliphatic heterocycles. The lowest BCUT2D eigenvalue weighted by Crippen LogP contribution is -2.45. The molecule has 6 nitrogen and oxygen atoms in total. The Bertz CT molecular complexity index is 1120. The van der Waals surface area contributed by atoms with Crippen molar-refractivity contribution in [3.8, 4) is 11.8 Å². The van der Waals surface area contributed by atoms with Crippen LogP contribution in [-0.4, -0.2) is 11.9 Å². The zero-order valence-electron chi connectivity index (χ0n) is 16.5. The number of hydrogen-bond donors (Lipinski definition) is 2. The number of guanidine groups is 1. The van der Waals surface area contributed by atoms with Crippen molar-refractivity contribution >= 4 is 29.2 Å². The van der Waals surface area contributed by atoms with Crippen LogP contribution in [0.15, 0.2) is 83.9 Å². The van der Waals surface area contributed by atoms with Gasteiger partial charge in [0, 0.05) is 10.7 Å². The van der Waals surface area contributed by atoms with Gasteiger partial charge in [-0.05, 0) is 47.5 Å². The lowest BCUT2D eigenvalue weighted by Gasteiger charge is -2.25. The number of aliphatic imine (C=N–C) groups is 1. The summed E-state index contributed by atoms with van der Waals surface area (Å²) in [5.41, 5.74) is 2.55. The van der Waals surface area contributed by atoms with Gasteiger partial charge in [0.05, 0.1) is 6.07 Å². The van der Waals surface area contributed by atoms with Crippen LogP contribution in [0.25, 0.3) is 0 Å². The van der Waals surface area contributed by atoms with Gasteiger partial charge in [-0.15, -0.1) is 0 Å². The fraction of sp³-hybridized carbons (Fsp3) is 0.125. The minimum Gasteiger partial charge on any atom is -0.489 e. The van der Waals surface area contributed by atoms with Crippen molar-refractivity contribution < 1.29 is 9.53 Å². The van der Waals surface area contributed by atoms with Gasteiger partial charge in [-0.25, -0.2) is 4.99 Å². The Labute approximate surface area is 185 Å². The number of ether oxygens (including phenoxy) is 1. The Kier molecular flexibility index (Phi) is 6.16. The molecule has 0 spiro atoms. The van der Waals surface area contributed by atoms with Crippen LogP contribution < -0.4 is 15.4 Å². The zero-order chi connectivity index (χ0) is 21.6. The molecule has 1 amide bonds. The highest BCUT2D eigenvalue weighted by atomic mass is 35.5. The van der Waals surface area contributed by atoms with Gasteiger partial charge in [-0.2, -0.15) is 5.26 Å². The fourth-order valence-electron chi connectivity index (χ4n) is 3.22. The number of nitrogens with zero attached hydrogens (tertiary/aromatic N) is 2. The second kappa shape index (κ2) is 9.33. The van der Waals surface area contributed by atoms with E-state index in [0.717, 1.165) is 16.8 Å². The molecule has 1 aliphatic rings. The van der Waals surface area contributed by atoms with E-state index in [1.165, 1.54) is 0 Å². The molecule has 0 radical (unpaired) electrons. The average molecular weight is 431 g/mol. The number of benzene rings is 3. The Balaban J connectivity index is 1.51. The largest absolute Gasteiger partial charge is 0.489 e. The number of anilines is 1. The zero-order valence-corrected chi connectivity index (χ0v) is 17.2. The summed E-state index contributed by atoms with van der Waals surface area (Å²) < 4.78 is 5.82. The quantitative estimate of drug-likeness (QED) is 0.614. The normalized spacial score (nSPS) is 17.8. The number of nitriles is 1. The maximum atomic E-state index is 12.5. The highest BCUT2D eigenvalue weighted by molar-refractivity contribution is 6.30. The SMILES string of the molecule is N#CC1C(=O)NC(Nc2ccc(Cl)cc2)=NC1c1ccc(OCc2ccccc2)cc1. The Hall–Kier alpha value is -3.82. The van der Waals surface area contributed by atoms with E-state index in [2.05, 4.69) is 21.7 Å². The van der Waals surface area contributed by atoms with Crippen LogP contribution in [0.2, 0.25) is 5.02 Å². The lowest BCUT2D eigenvalue weighted by atomic mass is 9.92. The number of carbonyl (C=O) groups is 1. The highest BCUT2D eigenvalue weighted by Gasteiger charge is 2.34. The first kappa shape index (κ1) is 20.5. The Morgan fingerprint density at radius 2 is 1.74 bits per heavy atom. The summed E-state index contributed by atoms with van der Waals surface area (Å²) in [6, 6.07) is 25.6. The van der Waals surface area contributed by atoms with E-state index in [1.54, 1.807) is 24.3 Å². The molecule has 2 atom stereocenters. The molecule has 0 saturated carbocycles. The van der Waals surface area contributed by atoms with Crippen LogP contribution in [0, 0.1) is 17.2 Å². The van der Waals surface area contributed by atoms with Crippen molar-refractivity contribution in [3.05, 3.63) is 95.0 Å². The molecule has 0 bridgehead atoms. The first-order valence-electron chi connectivity index (χ1n) is 9.70. The second-order valence-electron chi connectivity index (χ2n) is 6.99. The number of halogens is 1. The summed E-state index contributed by atoms with van der Waals surface area (Å²) in [5.74, 6) is -0.340. The van der Waals surface area contributed by atoms with Crippen molar-refractivity contribution in [1.29, 1.82) is 5.26 Å². The molecule has 7 heteroatoms. The van der Waals surface area contributed by atoms with E-state index in [0.29, 0.717) is 17.4 Å². The third-order valence-corrected chi connectivity index (χ3v) is 5.08. The van der Waals surface area contributed by atoms with Crippen LogP contribution in [0.4, 0.5) is 5.69 Å². The molecule has 0 fully saturated rings. The van der Waals surface area contributed by atoms with Gasteiger partial charge >= 0.3 is 0 Å². The maximum absolute atomic E-state index is 12.5. The number of amides is 1. The van der Waals surface area contributed by atoms with E-state index < -0.39 is 17.9 Å². The summed E-state index contributed by atoms with van der Waals surface area (Å²) in [4.78, 5) is 17.1. The van der Waals surface area contributed by atoms with E-state index >= 15 is 0 Å². The van der Waals surface area contributed by atoms with E-state index in [-0.39, 0.29) is 5.96 Å². The Morgan fingerprint density at radius 3 is 2.42 bits per heavy atom. The lowest BCUT2D eigenvalue weighted by molar-refractivity contribution is -0.122. The minimum atomic E-state index is -0.924. The van der Waals surface area contributed by atoms with Gasteiger partial charge in [0.25, 0.3) is 0 Å². The number of carbonyl (C=O) groups excluding carboxylic acids is 1. The standard InChI is InChI=1S/C24H19ClN4O2/c25-18-8-10-19(11-9-18)27-24-28-22(21(14-26)23(30)29-24)17-6-12-20(13-7-17)31-15-16-4-2-1-3-5-16/h1-13,21-22H,15H2,(H2,27,28,29,30). The van der Waals surface area contributed by atoms with Gasteiger partial charge in [0.2, 0.25) is 11.9 Å². The molecule has 0 aliphatic carbocycles. The smallest absolute Gasteiger partial charge is 0.246 e. The predicted octanol–water partition coefficient (Wildman–Crippen LogP) is 4.70. The number of nitrogens with one attached hydrogen (secondary N) is 2. The van der Waals surface area contributed by atoms with Crippen molar-refractivity contribution in [2.75, 3.05) is 5.32 Å². The third kappa shape index (κ3) is 5.03. The number of hydrogen-bond acceptors (Lipinski definition) is 5. The average Bonchev–Trinajstić information content (AvgIpc) is 2.80. The van der Waals surface area contributed by atoms with Gasteiger partial charge in [-0.1, -0.05) is 54.1 Å². The number of rotatable bonds is 5. The summed E-state index contributed by atoms with van der Waals surface area (Å²) >= 11 is 5.91. The van der Waals surface area contributed by atoms with E-state index in [9.17, 15) is 10.1 Å². The molecule has 2 N–H and O–H groups in total. The van der Waals surface area contributed by atoms with Crippen LogP contribution in [0.3, 0.4) is 0 Å². The summed E-state index contributed by atoms with van der Waals surface area (Å²) in [6.07, 6.45) is 0. The topological polar surface area (TPSA) is 86.5 Å². The molecule has 154 valence electrons. The summed E-state index contributed by atoms with van der Waals surface area (Å²) in [6.45, 7) is 0.458. The minimum absolute atomic E-state index is 0.285.